The monoisotopic (exact) mass is 578 g/mol. The van der Waals surface area contributed by atoms with Crippen molar-refractivity contribution in [2.45, 2.75) is 62.7 Å². The van der Waals surface area contributed by atoms with Gasteiger partial charge in [-0.2, -0.15) is 0 Å². The number of aliphatic hydroxyl groups excluding tert-OH is 1. The molecule has 3 unspecified atom stereocenters. The molecule has 4 N–H and O–H groups in total. The van der Waals surface area contributed by atoms with Gasteiger partial charge < -0.3 is 20.5 Å². The summed E-state index contributed by atoms with van der Waals surface area (Å²) in [6.45, 7) is 4.09. The zero-order valence-electron chi connectivity index (χ0n) is 23.4. The maximum Gasteiger partial charge on any atom is 0.286 e. The van der Waals surface area contributed by atoms with Crippen LogP contribution in [-0.2, 0) is 33.4 Å². The molecule has 0 saturated carbocycles. The molecule has 10 heteroatoms. The van der Waals surface area contributed by atoms with Crippen molar-refractivity contribution in [1.82, 2.24) is 20.3 Å². The highest BCUT2D eigenvalue weighted by Gasteiger charge is 2.20. The zero-order chi connectivity index (χ0) is 29.5. The maximum atomic E-state index is 12.3. The van der Waals surface area contributed by atoms with Crippen molar-refractivity contribution in [3.05, 3.63) is 102 Å². The van der Waals surface area contributed by atoms with Crippen molar-refractivity contribution in [2.75, 3.05) is 6.54 Å². The lowest BCUT2D eigenvalue weighted by molar-refractivity contribution is -0.120. The van der Waals surface area contributed by atoms with E-state index in [1.165, 1.54) is 5.56 Å². The minimum atomic E-state index is -1.47. The molecule has 2 amide bonds. The highest BCUT2D eigenvalue weighted by atomic mass is 32.2. The molecule has 0 fully saturated rings. The second-order valence-corrected chi connectivity index (χ2v) is 10.8. The van der Waals surface area contributed by atoms with Crippen LogP contribution >= 0.6 is 0 Å². The number of para-hydroxylation sites is 1. The number of nitrogens with zero attached hydrogens (tertiary/aromatic N) is 1. The third-order valence-electron chi connectivity index (χ3n) is 6.28. The Bertz CT molecular complexity index is 1290. The summed E-state index contributed by atoms with van der Waals surface area (Å²) in [6.07, 6.45) is 6.20. The number of aliphatic hydroxyl groups is 1. The fraction of sp³-hybridized carbons (Fsp3) is 0.323. The molecule has 41 heavy (non-hydrogen) atoms. The number of aromatic nitrogens is 1. The lowest BCUT2D eigenvalue weighted by Crippen LogP contribution is -2.44. The molecule has 0 bridgehead atoms. The van der Waals surface area contributed by atoms with E-state index in [0.717, 1.165) is 30.6 Å². The molecule has 1 aromatic heterocycles. The summed E-state index contributed by atoms with van der Waals surface area (Å²) in [6, 6.07) is 22.8. The number of hydrogen-bond acceptors (Lipinski definition) is 6. The van der Waals surface area contributed by atoms with Crippen LogP contribution in [0.5, 0.6) is 5.75 Å². The molecule has 0 spiro atoms. The quantitative estimate of drug-likeness (QED) is 0.231. The van der Waals surface area contributed by atoms with E-state index in [9.17, 15) is 18.9 Å². The summed E-state index contributed by atoms with van der Waals surface area (Å²) in [7, 11) is -1.47. The van der Waals surface area contributed by atoms with Crippen LogP contribution in [0.3, 0.4) is 0 Å². The molecule has 218 valence electrons. The number of ether oxygens (including phenoxy) is 1. The normalized spacial score (nSPS) is 14.9. The standard InChI is InChI=1S/C19H19NO2.C12H19N3O3S/c1-14(13-15-7-3-2-4-8-15)20-19(21)18-12-11-16-9-5-6-10-17(16)22-18;1-2-5-10(14-9-16)11(17)8-15-19(18)12-6-3-4-7-13-12/h2-10,12,14H,11,13H2,1H3,(H,20,21);3-4,6-7,9-11,15,17H,2,5,8H2,1H3,(H,14,16)/t14-;/m1./s1. The Labute approximate surface area is 244 Å². The molecule has 3 aromatic rings. The first-order valence-electron chi connectivity index (χ1n) is 13.7. The maximum absolute atomic E-state index is 12.3. The van der Waals surface area contributed by atoms with Crippen LogP contribution in [0.1, 0.15) is 37.8 Å². The van der Waals surface area contributed by atoms with Crippen molar-refractivity contribution in [3.8, 4) is 5.75 Å². The van der Waals surface area contributed by atoms with Gasteiger partial charge in [0.2, 0.25) is 6.41 Å². The average Bonchev–Trinajstić information content (AvgIpc) is 3.00. The Kier molecular flexibility index (Phi) is 13.2. The van der Waals surface area contributed by atoms with Crippen LogP contribution in [0.15, 0.2) is 95.9 Å². The fourth-order valence-corrected chi connectivity index (χ4v) is 5.04. The largest absolute Gasteiger partial charge is 0.452 e. The molecule has 1 aliphatic rings. The Hall–Kier alpha value is -3.86. The Morgan fingerprint density at radius 1 is 1.10 bits per heavy atom. The van der Waals surface area contributed by atoms with Gasteiger partial charge in [0.05, 0.1) is 12.1 Å². The van der Waals surface area contributed by atoms with E-state index in [0.29, 0.717) is 23.6 Å². The molecule has 9 nitrogen and oxygen atoms in total. The van der Waals surface area contributed by atoms with Gasteiger partial charge in [-0.05, 0) is 61.6 Å². The number of amides is 2. The number of rotatable bonds is 13. The van der Waals surface area contributed by atoms with Gasteiger partial charge >= 0.3 is 0 Å². The summed E-state index contributed by atoms with van der Waals surface area (Å²) < 4.78 is 20.2. The van der Waals surface area contributed by atoms with Crippen molar-refractivity contribution in [2.24, 2.45) is 0 Å². The van der Waals surface area contributed by atoms with Crippen molar-refractivity contribution < 1.29 is 23.6 Å². The first kappa shape index (κ1) is 31.7. The van der Waals surface area contributed by atoms with E-state index in [4.69, 9.17) is 4.74 Å². The van der Waals surface area contributed by atoms with Gasteiger partial charge in [-0.1, -0.05) is 67.9 Å². The smallest absolute Gasteiger partial charge is 0.286 e. The molecule has 2 heterocycles. The number of pyridine rings is 1. The highest BCUT2D eigenvalue weighted by molar-refractivity contribution is 7.83. The highest BCUT2D eigenvalue weighted by Crippen LogP contribution is 2.25. The Morgan fingerprint density at radius 2 is 1.83 bits per heavy atom. The van der Waals surface area contributed by atoms with Gasteiger partial charge in [-0.15, -0.1) is 0 Å². The number of allylic oxidation sites excluding steroid dienone is 1. The van der Waals surface area contributed by atoms with Crippen molar-refractivity contribution in [1.29, 1.82) is 0 Å². The van der Waals surface area contributed by atoms with E-state index in [2.05, 4.69) is 32.5 Å². The molecule has 0 saturated heterocycles. The average molecular weight is 579 g/mol. The number of carbonyl (C=O) groups excluding carboxylic acids is 2. The molecule has 2 aromatic carbocycles. The van der Waals surface area contributed by atoms with Crippen LogP contribution in [0, 0.1) is 0 Å². The molecule has 0 radical (unpaired) electrons. The Balaban J connectivity index is 0.000000229. The van der Waals surface area contributed by atoms with Crippen LogP contribution in [0.25, 0.3) is 0 Å². The molecule has 4 atom stereocenters. The lowest BCUT2D eigenvalue weighted by atomic mass is 10.1. The predicted octanol–water partition coefficient (Wildman–Crippen LogP) is 3.22. The lowest BCUT2D eigenvalue weighted by Gasteiger charge is -2.21. The SMILES string of the molecule is CCCC(NC=O)C(O)CNS(=O)c1ccccn1.C[C@H](Cc1ccccc1)NC(=O)C1=CCc2ccccc2O1. The summed E-state index contributed by atoms with van der Waals surface area (Å²) in [5, 5.41) is 15.9. The van der Waals surface area contributed by atoms with Crippen LogP contribution in [0.2, 0.25) is 0 Å². The summed E-state index contributed by atoms with van der Waals surface area (Å²) in [5.41, 5.74) is 2.32. The molecule has 1 aliphatic heterocycles. The summed E-state index contributed by atoms with van der Waals surface area (Å²) in [5.74, 6) is 1.00. The van der Waals surface area contributed by atoms with Crippen molar-refractivity contribution >= 4 is 23.3 Å². The van der Waals surface area contributed by atoms with E-state index in [-0.39, 0.29) is 24.5 Å². The van der Waals surface area contributed by atoms with Crippen LogP contribution < -0.4 is 20.1 Å². The number of benzene rings is 2. The summed E-state index contributed by atoms with van der Waals surface area (Å²) >= 11 is 0. The molecular formula is C31H38N4O5S. The van der Waals surface area contributed by atoms with Crippen LogP contribution in [0.4, 0.5) is 0 Å². The van der Waals surface area contributed by atoms with E-state index < -0.39 is 17.1 Å². The van der Waals surface area contributed by atoms with Gasteiger partial charge in [-0.3, -0.25) is 9.59 Å². The van der Waals surface area contributed by atoms with Gasteiger partial charge in [0.15, 0.2) is 5.76 Å². The predicted molar refractivity (Wildman–Crippen MR) is 159 cm³/mol. The number of hydrogen-bond donors (Lipinski definition) is 4. The number of fused-ring (bicyclic) bond motifs is 1. The van der Waals surface area contributed by atoms with Gasteiger partial charge in [0.1, 0.15) is 21.8 Å². The van der Waals surface area contributed by atoms with Gasteiger partial charge in [-0.25, -0.2) is 13.9 Å². The first-order valence-corrected chi connectivity index (χ1v) is 14.8. The molecule has 4 rings (SSSR count). The minimum absolute atomic E-state index is 0.0524. The first-order chi connectivity index (χ1) is 19.9. The van der Waals surface area contributed by atoms with Gasteiger partial charge in [0.25, 0.3) is 5.91 Å². The fourth-order valence-electron chi connectivity index (χ4n) is 4.21. The van der Waals surface area contributed by atoms with Crippen molar-refractivity contribution in [3.63, 3.8) is 0 Å². The summed E-state index contributed by atoms with van der Waals surface area (Å²) in [4.78, 5) is 26.7. The zero-order valence-corrected chi connectivity index (χ0v) is 24.2. The molecule has 0 aliphatic carbocycles. The second kappa shape index (κ2) is 17.1. The second-order valence-electron chi connectivity index (χ2n) is 9.58. The third-order valence-corrected chi connectivity index (χ3v) is 7.33. The Morgan fingerprint density at radius 3 is 2.54 bits per heavy atom. The number of carbonyl (C=O) groups is 2. The third kappa shape index (κ3) is 10.6. The van der Waals surface area contributed by atoms with Gasteiger partial charge in [0, 0.05) is 18.8 Å². The van der Waals surface area contributed by atoms with Crippen LogP contribution in [-0.4, -0.2) is 51.3 Å². The van der Waals surface area contributed by atoms with E-state index in [1.807, 2.05) is 62.4 Å². The topological polar surface area (TPSA) is 130 Å². The van der Waals surface area contributed by atoms with E-state index >= 15 is 0 Å². The number of nitrogens with one attached hydrogen (secondary N) is 3. The van der Waals surface area contributed by atoms with E-state index in [1.54, 1.807) is 24.4 Å². The molecular weight excluding hydrogens is 540 g/mol. The minimum Gasteiger partial charge on any atom is -0.452 e.